The van der Waals surface area contributed by atoms with Gasteiger partial charge in [-0.05, 0) is 60.4 Å². The first-order valence-electron chi connectivity index (χ1n) is 7.83. The Bertz CT molecular complexity index is 942. The van der Waals surface area contributed by atoms with E-state index in [4.69, 9.17) is 0 Å². The minimum Gasteiger partial charge on any atom is -0.324 e. The SMILES string of the molecule is Cc1ccc(C2=C[C@@H](c3cccc(Br)c3)n3ncnc3N2)cc1C. The van der Waals surface area contributed by atoms with E-state index in [1.54, 1.807) is 6.33 Å². The number of nitrogens with one attached hydrogen (secondary N) is 1. The van der Waals surface area contributed by atoms with Gasteiger partial charge in [-0.3, -0.25) is 0 Å². The largest absolute Gasteiger partial charge is 0.324 e. The van der Waals surface area contributed by atoms with Gasteiger partial charge in [0.25, 0.3) is 0 Å². The van der Waals surface area contributed by atoms with Gasteiger partial charge in [0.05, 0.1) is 0 Å². The molecular formula is C19H17BrN4. The molecule has 1 aromatic heterocycles. The Kier molecular flexibility index (Phi) is 3.73. The van der Waals surface area contributed by atoms with Crippen LogP contribution in [0, 0.1) is 13.8 Å². The van der Waals surface area contributed by atoms with Gasteiger partial charge in [-0.1, -0.05) is 40.2 Å². The number of rotatable bonds is 2. The monoisotopic (exact) mass is 380 g/mol. The minimum atomic E-state index is 0.0119. The summed E-state index contributed by atoms with van der Waals surface area (Å²) < 4.78 is 2.97. The van der Waals surface area contributed by atoms with Crippen molar-refractivity contribution in [2.75, 3.05) is 5.32 Å². The number of benzene rings is 2. The third kappa shape index (κ3) is 2.65. The molecule has 3 aromatic rings. The van der Waals surface area contributed by atoms with E-state index in [-0.39, 0.29) is 6.04 Å². The van der Waals surface area contributed by atoms with Gasteiger partial charge < -0.3 is 5.32 Å². The molecule has 1 N–H and O–H groups in total. The quantitative estimate of drug-likeness (QED) is 0.699. The fourth-order valence-electron chi connectivity index (χ4n) is 2.94. The lowest BCUT2D eigenvalue weighted by Gasteiger charge is -2.24. The number of hydrogen-bond acceptors (Lipinski definition) is 3. The molecule has 2 heterocycles. The van der Waals surface area contributed by atoms with E-state index in [2.05, 4.69) is 81.6 Å². The van der Waals surface area contributed by atoms with Crippen molar-refractivity contribution in [3.05, 3.63) is 81.6 Å². The van der Waals surface area contributed by atoms with Crippen molar-refractivity contribution in [2.45, 2.75) is 19.9 Å². The van der Waals surface area contributed by atoms with Gasteiger partial charge in [0.2, 0.25) is 5.95 Å². The maximum absolute atomic E-state index is 4.39. The highest BCUT2D eigenvalue weighted by molar-refractivity contribution is 9.10. The van der Waals surface area contributed by atoms with Crippen LogP contribution in [0.2, 0.25) is 0 Å². The molecule has 4 nitrogen and oxygen atoms in total. The number of halogens is 1. The smallest absolute Gasteiger partial charge is 0.226 e. The topological polar surface area (TPSA) is 42.7 Å². The van der Waals surface area contributed by atoms with Crippen molar-refractivity contribution < 1.29 is 0 Å². The van der Waals surface area contributed by atoms with Crippen LogP contribution in [-0.4, -0.2) is 14.8 Å². The first-order valence-corrected chi connectivity index (χ1v) is 8.62. The molecule has 1 atom stereocenters. The second-order valence-corrected chi connectivity index (χ2v) is 6.95. The lowest BCUT2D eigenvalue weighted by Crippen LogP contribution is -2.20. The average molecular weight is 381 g/mol. The van der Waals surface area contributed by atoms with E-state index >= 15 is 0 Å². The molecule has 2 aromatic carbocycles. The van der Waals surface area contributed by atoms with Gasteiger partial charge in [-0.25, -0.2) is 4.68 Å². The second-order valence-electron chi connectivity index (χ2n) is 6.03. The summed E-state index contributed by atoms with van der Waals surface area (Å²) in [6, 6.07) is 14.8. The minimum absolute atomic E-state index is 0.0119. The molecule has 0 saturated carbocycles. The van der Waals surface area contributed by atoms with Crippen molar-refractivity contribution in [3.63, 3.8) is 0 Å². The van der Waals surface area contributed by atoms with E-state index in [0.29, 0.717) is 0 Å². The summed E-state index contributed by atoms with van der Waals surface area (Å²) in [5, 5.41) is 7.78. The van der Waals surface area contributed by atoms with Crippen LogP contribution in [0.5, 0.6) is 0 Å². The maximum Gasteiger partial charge on any atom is 0.226 e. The number of aryl methyl sites for hydroxylation is 2. The Morgan fingerprint density at radius 2 is 1.96 bits per heavy atom. The Hall–Kier alpha value is -2.40. The maximum atomic E-state index is 4.39. The van der Waals surface area contributed by atoms with Gasteiger partial charge in [0.1, 0.15) is 12.4 Å². The highest BCUT2D eigenvalue weighted by Crippen LogP contribution is 2.33. The molecule has 0 unspecified atom stereocenters. The zero-order valence-corrected chi connectivity index (χ0v) is 15.1. The fraction of sp³-hybridized carbons (Fsp3) is 0.158. The molecule has 0 bridgehead atoms. The summed E-state index contributed by atoms with van der Waals surface area (Å²) in [5.74, 6) is 0.760. The second kappa shape index (κ2) is 5.91. The van der Waals surface area contributed by atoms with Crippen LogP contribution in [0.3, 0.4) is 0 Å². The predicted octanol–water partition coefficient (Wildman–Crippen LogP) is 4.71. The molecular weight excluding hydrogens is 364 g/mol. The molecule has 1 aliphatic rings. The van der Waals surface area contributed by atoms with Crippen LogP contribution in [0.25, 0.3) is 5.70 Å². The Morgan fingerprint density at radius 1 is 1.08 bits per heavy atom. The molecule has 24 heavy (non-hydrogen) atoms. The van der Waals surface area contributed by atoms with Crippen LogP contribution in [0.15, 0.2) is 59.3 Å². The van der Waals surface area contributed by atoms with E-state index in [9.17, 15) is 0 Å². The molecule has 0 fully saturated rings. The van der Waals surface area contributed by atoms with Crippen LogP contribution >= 0.6 is 15.9 Å². The van der Waals surface area contributed by atoms with Crippen LogP contribution < -0.4 is 5.32 Å². The number of fused-ring (bicyclic) bond motifs is 1. The van der Waals surface area contributed by atoms with Gasteiger partial charge in [-0.15, -0.1) is 0 Å². The van der Waals surface area contributed by atoms with E-state index in [1.807, 2.05) is 16.8 Å². The zero-order valence-electron chi connectivity index (χ0n) is 13.5. The van der Waals surface area contributed by atoms with Gasteiger partial charge in [-0.2, -0.15) is 10.1 Å². The summed E-state index contributed by atoms with van der Waals surface area (Å²) in [6.45, 7) is 4.26. The average Bonchev–Trinajstić information content (AvgIpc) is 3.05. The molecule has 0 aliphatic carbocycles. The third-order valence-corrected chi connectivity index (χ3v) is 4.91. The predicted molar refractivity (Wildman–Crippen MR) is 99.8 cm³/mol. The number of hydrogen-bond donors (Lipinski definition) is 1. The van der Waals surface area contributed by atoms with Gasteiger partial charge in [0, 0.05) is 10.2 Å². The Labute approximate surface area is 149 Å². The summed E-state index contributed by atoms with van der Waals surface area (Å²) in [7, 11) is 0. The Balaban J connectivity index is 1.82. The van der Waals surface area contributed by atoms with Crippen molar-refractivity contribution in [1.82, 2.24) is 14.8 Å². The zero-order chi connectivity index (χ0) is 16.7. The standard InChI is InChI=1S/C19H17BrN4/c1-12-6-7-14(8-13(12)2)17-10-18(15-4-3-5-16(20)9-15)24-19(23-17)21-11-22-24/h3-11,18H,1-2H3,(H,21,22,23)/t18-/m0/s1. The number of aromatic nitrogens is 3. The Morgan fingerprint density at radius 3 is 2.75 bits per heavy atom. The lowest BCUT2D eigenvalue weighted by molar-refractivity contribution is 0.611. The van der Waals surface area contributed by atoms with Crippen molar-refractivity contribution in [1.29, 1.82) is 0 Å². The lowest BCUT2D eigenvalue weighted by atomic mass is 9.99. The summed E-state index contributed by atoms with van der Waals surface area (Å²) >= 11 is 3.56. The van der Waals surface area contributed by atoms with Crippen LogP contribution in [-0.2, 0) is 0 Å². The van der Waals surface area contributed by atoms with Crippen molar-refractivity contribution in [2.24, 2.45) is 0 Å². The van der Waals surface area contributed by atoms with Gasteiger partial charge in [0.15, 0.2) is 0 Å². The first kappa shape index (κ1) is 15.1. The fourth-order valence-corrected chi connectivity index (χ4v) is 3.36. The molecule has 0 spiro atoms. The molecule has 0 amide bonds. The van der Waals surface area contributed by atoms with Crippen LogP contribution in [0.4, 0.5) is 5.95 Å². The molecule has 120 valence electrons. The van der Waals surface area contributed by atoms with Crippen molar-refractivity contribution in [3.8, 4) is 0 Å². The molecule has 0 radical (unpaired) electrons. The third-order valence-electron chi connectivity index (χ3n) is 4.42. The summed E-state index contributed by atoms with van der Waals surface area (Å²) in [4.78, 5) is 4.36. The van der Waals surface area contributed by atoms with E-state index in [1.165, 1.54) is 16.7 Å². The molecule has 4 rings (SSSR count). The number of allylic oxidation sites excluding steroid dienone is 1. The summed E-state index contributed by atoms with van der Waals surface area (Å²) in [6.07, 6.45) is 3.79. The van der Waals surface area contributed by atoms with Crippen molar-refractivity contribution >= 4 is 27.6 Å². The van der Waals surface area contributed by atoms with E-state index < -0.39 is 0 Å². The normalized spacial score (nSPS) is 16.3. The van der Waals surface area contributed by atoms with Gasteiger partial charge >= 0.3 is 0 Å². The molecule has 1 aliphatic heterocycles. The molecule has 5 heteroatoms. The first-order chi connectivity index (χ1) is 11.6. The number of anilines is 1. The summed E-state index contributed by atoms with van der Waals surface area (Å²) in [5.41, 5.74) is 5.96. The highest BCUT2D eigenvalue weighted by atomic mass is 79.9. The molecule has 0 saturated heterocycles. The number of nitrogens with zero attached hydrogens (tertiary/aromatic N) is 3. The van der Waals surface area contributed by atoms with E-state index in [0.717, 1.165) is 21.7 Å². The highest BCUT2D eigenvalue weighted by Gasteiger charge is 2.23. The van der Waals surface area contributed by atoms with Crippen LogP contribution in [0.1, 0.15) is 28.3 Å².